The monoisotopic (exact) mass is 293 g/mol. The van der Waals surface area contributed by atoms with E-state index >= 15 is 0 Å². The topological polar surface area (TPSA) is 33.0 Å². The Bertz CT molecular complexity index is 610. The normalized spacial score (nSPS) is 10.2. The first-order chi connectivity index (χ1) is 10.8. The Balaban J connectivity index is 1.82. The highest BCUT2D eigenvalue weighted by atomic mass is 16.5. The van der Waals surface area contributed by atoms with Crippen molar-refractivity contribution in [3.8, 4) is 11.8 Å². The maximum absolute atomic E-state index is 8.92. The van der Waals surface area contributed by atoms with Crippen LogP contribution in [-0.4, -0.2) is 6.61 Å². The van der Waals surface area contributed by atoms with Gasteiger partial charge in [0, 0.05) is 0 Å². The number of unbranched alkanes of at least 4 members (excludes halogenated alkanes) is 2. The van der Waals surface area contributed by atoms with E-state index in [1.807, 2.05) is 30.3 Å². The highest BCUT2D eigenvalue weighted by Gasteiger charge is 1.99. The third-order valence-electron chi connectivity index (χ3n) is 3.70. The molecular weight excluding hydrogens is 270 g/mol. The highest BCUT2D eigenvalue weighted by molar-refractivity contribution is 5.33. The van der Waals surface area contributed by atoms with Crippen LogP contribution in [0.2, 0.25) is 0 Å². The van der Waals surface area contributed by atoms with Crippen molar-refractivity contribution in [3.63, 3.8) is 0 Å². The van der Waals surface area contributed by atoms with Gasteiger partial charge in [-0.05, 0) is 54.7 Å². The second kappa shape index (κ2) is 8.89. The van der Waals surface area contributed by atoms with E-state index in [9.17, 15) is 0 Å². The molecule has 0 aliphatic rings. The lowest BCUT2D eigenvalue weighted by atomic mass is 10.0. The van der Waals surface area contributed by atoms with Gasteiger partial charge >= 0.3 is 0 Å². The number of ether oxygens (including phenoxy) is 1. The van der Waals surface area contributed by atoms with E-state index in [0.29, 0.717) is 0 Å². The van der Waals surface area contributed by atoms with Gasteiger partial charge in [-0.2, -0.15) is 5.26 Å². The Hall–Kier alpha value is -2.27. The van der Waals surface area contributed by atoms with Gasteiger partial charge in [0.1, 0.15) is 5.75 Å². The predicted octanol–water partition coefficient (Wildman–Crippen LogP) is 4.91. The number of nitrogens with zero attached hydrogens (tertiary/aromatic N) is 1. The van der Waals surface area contributed by atoms with Crippen molar-refractivity contribution in [3.05, 3.63) is 65.2 Å². The van der Waals surface area contributed by atoms with E-state index in [1.54, 1.807) is 0 Å². The second-order valence-electron chi connectivity index (χ2n) is 5.51. The molecule has 2 rings (SSSR count). The summed E-state index contributed by atoms with van der Waals surface area (Å²) in [6, 6.07) is 18.4. The molecule has 0 bridgehead atoms. The summed E-state index contributed by atoms with van der Waals surface area (Å²) in [5.74, 6) is 0.950. The Morgan fingerprint density at radius 1 is 0.955 bits per heavy atom. The minimum Gasteiger partial charge on any atom is -0.494 e. The number of hydrogen-bond donors (Lipinski definition) is 0. The summed E-state index contributed by atoms with van der Waals surface area (Å²) in [7, 11) is 0. The maximum Gasteiger partial charge on any atom is 0.119 e. The molecule has 0 spiro atoms. The molecule has 2 nitrogen and oxygen atoms in total. The lowest BCUT2D eigenvalue weighted by molar-refractivity contribution is 0.306. The smallest absolute Gasteiger partial charge is 0.119 e. The zero-order valence-corrected chi connectivity index (χ0v) is 13.2. The summed E-state index contributed by atoms with van der Waals surface area (Å²) in [5, 5.41) is 8.92. The van der Waals surface area contributed by atoms with Gasteiger partial charge in [0.2, 0.25) is 0 Å². The molecule has 0 saturated carbocycles. The number of benzene rings is 2. The van der Waals surface area contributed by atoms with E-state index in [1.165, 1.54) is 24.0 Å². The van der Waals surface area contributed by atoms with Gasteiger partial charge in [0.05, 0.1) is 18.2 Å². The molecule has 114 valence electrons. The van der Waals surface area contributed by atoms with Gasteiger partial charge in [-0.3, -0.25) is 0 Å². The molecule has 0 aliphatic heterocycles. The van der Waals surface area contributed by atoms with Gasteiger partial charge in [-0.15, -0.1) is 0 Å². The first-order valence-corrected chi connectivity index (χ1v) is 8.02. The van der Waals surface area contributed by atoms with Crippen LogP contribution in [0.1, 0.15) is 42.9 Å². The molecule has 0 aromatic heterocycles. The minimum atomic E-state index is 0.730. The maximum atomic E-state index is 8.92. The van der Waals surface area contributed by atoms with Crippen molar-refractivity contribution in [2.24, 2.45) is 0 Å². The van der Waals surface area contributed by atoms with Gasteiger partial charge < -0.3 is 4.74 Å². The number of nitriles is 1. The lowest BCUT2D eigenvalue weighted by Gasteiger charge is -2.07. The van der Waals surface area contributed by atoms with Crippen LogP contribution in [0.15, 0.2) is 48.5 Å². The zero-order valence-electron chi connectivity index (χ0n) is 13.2. The quantitative estimate of drug-likeness (QED) is 0.648. The second-order valence-corrected chi connectivity index (χ2v) is 5.51. The molecule has 0 amide bonds. The van der Waals surface area contributed by atoms with Crippen LogP contribution in [0.25, 0.3) is 0 Å². The highest BCUT2D eigenvalue weighted by Crippen LogP contribution is 2.15. The molecule has 0 radical (unpaired) electrons. The number of hydrogen-bond acceptors (Lipinski definition) is 2. The third-order valence-corrected chi connectivity index (χ3v) is 3.70. The fourth-order valence-electron chi connectivity index (χ4n) is 2.38. The van der Waals surface area contributed by atoms with Gasteiger partial charge in [-0.25, -0.2) is 0 Å². The standard InChI is InChI=1S/C20H23NO/c1-2-3-4-14-22-20-12-10-17(11-13-20)8-9-18-6-5-7-19(15-18)16-21/h5-7,10-13,15H,2-4,8-9,14H2,1H3. The van der Waals surface area contributed by atoms with Crippen molar-refractivity contribution in [1.82, 2.24) is 0 Å². The molecule has 0 fully saturated rings. The van der Waals surface area contributed by atoms with Crippen molar-refractivity contribution in [2.45, 2.75) is 39.0 Å². The molecular formula is C20H23NO. The SMILES string of the molecule is CCCCCOc1ccc(CCc2cccc(C#N)c2)cc1. The summed E-state index contributed by atoms with van der Waals surface area (Å²) in [5.41, 5.74) is 3.23. The van der Waals surface area contributed by atoms with Crippen molar-refractivity contribution >= 4 is 0 Å². The first kappa shape index (κ1) is 16.1. The lowest BCUT2D eigenvalue weighted by Crippen LogP contribution is -1.97. The first-order valence-electron chi connectivity index (χ1n) is 8.02. The van der Waals surface area contributed by atoms with Crippen molar-refractivity contribution < 1.29 is 4.74 Å². The van der Waals surface area contributed by atoms with E-state index in [2.05, 4.69) is 31.2 Å². The molecule has 22 heavy (non-hydrogen) atoms. The van der Waals surface area contributed by atoms with Crippen molar-refractivity contribution in [2.75, 3.05) is 6.61 Å². The fourth-order valence-corrected chi connectivity index (χ4v) is 2.38. The van der Waals surface area contributed by atoms with E-state index in [4.69, 9.17) is 10.00 Å². The van der Waals surface area contributed by atoms with Crippen LogP contribution >= 0.6 is 0 Å². The molecule has 2 aromatic rings. The van der Waals surface area contributed by atoms with Crippen LogP contribution in [0.5, 0.6) is 5.75 Å². The summed E-state index contributed by atoms with van der Waals surface area (Å²) < 4.78 is 5.72. The average Bonchev–Trinajstić information content (AvgIpc) is 2.58. The van der Waals surface area contributed by atoms with Crippen LogP contribution in [0.4, 0.5) is 0 Å². The molecule has 0 saturated heterocycles. The molecule has 0 N–H and O–H groups in total. The average molecular weight is 293 g/mol. The number of aryl methyl sites for hydroxylation is 2. The molecule has 0 aliphatic carbocycles. The molecule has 2 heteroatoms. The molecule has 0 heterocycles. The van der Waals surface area contributed by atoms with Gasteiger partial charge in [0.25, 0.3) is 0 Å². The van der Waals surface area contributed by atoms with Crippen LogP contribution < -0.4 is 4.74 Å². The summed E-state index contributed by atoms with van der Waals surface area (Å²) >= 11 is 0. The van der Waals surface area contributed by atoms with Crippen LogP contribution in [0.3, 0.4) is 0 Å². The minimum absolute atomic E-state index is 0.730. The van der Waals surface area contributed by atoms with Crippen LogP contribution in [-0.2, 0) is 12.8 Å². The van der Waals surface area contributed by atoms with E-state index < -0.39 is 0 Å². The Morgan fingerprint density at radius 3 is 2.45 bits per heavy atom. The van der Waals surface area contributed by atoms with Gasteiger partial charge in [-0.1, -0.05) is 44.0 Å². The largest absolute Gasteiger partial charge is 0.494 e. The summed E-state index contributed by atoms with van der Waals surface area (Å²) in [6.07, 6.45) is 5.49. The van der Waals surface area contributed by atoms with E-state index in [-0.39, 0.29) is 0 Å². The summed E-state index contributed by atoms with van der Waals surface area (Å²) in [4.78, 5) is 0. The third kappa shape index (κ3) is 5.26. The predicted molar refractivity (Wildman–Crippen MR) is 90.0 cm³/mol. The van der Waals surface area contributed by atoms with Gasteiger partial charge in [0.15, 0.2) is 0 Å². The zero-order chi connectivity index (χ0) is 15.6. The number of rotatable bonds is 8. The van der Waals surface area contributed by atoms with Crippen molar-refractivity contribution in [1.29, 1.82) is 5.26 Å². The van der Waals surface area contributed by atoms with E-state index in [0.717, 1.165) is 37.2 Å². The molecule has 2 aromatic carbocycles. The molecule has 0 atom stereocenters. The molecule has 0 unspecified atom stereocenters. The van der Waals surface area contributed by atoms with Crippen LogP contribution in [0, 0.1) is 11.3 Å². The Labute approximate surface area is 133 Å². The Morgan fingerprint density at radius 2 is 1.73 bits per heavy atom. The summed E-state index contributed by atoms with van der Waals surface area (Å²) in [6.45, 7) is 3.00. The Kier molecular flexibility index (Phi) is 6.51. The fraction of sp³-hybridized carbons (Fsp3) is 0.350.